The first kappa shape index (κ1) is 16.8. The van der Waals surface area contributed by atoms with Crippen LogP contribution in [0.4, 0.5) is 4.79 Å². The Labute approximate surface area is 145 Å². The minimum absolute atomic E-state index is 0.253. The number of hydrogen-bond donors (Lipinski definition) is 2. The molecular formula is C19H20N2O4. The number of carbonyl (C=O) groups is 2. The molecule has 2 heterocycles. The Morgan fingerprint density at radius 1 is 1.16 bits per heavy atom. The molecule has 1 aromatic heterocycles. The van der Waals surface area contributed by atoms with Crippen LogP contribution < -0.4 is 10.6 Å². The Bertz CT molecular complexity index is 833. The van der Waals surface area contributed by atoms with E-state index in [2.05, 4.69) is 10.6 Å². The second-order valence-electron chi connectivity index (χ2n) is 5.86. The molecule has 0 bridgehead atoms. The largest absolute Gasteiger partial charge is 0.463 e. The maximum atomic E-state index is 12.3. The van der Waals surface area contributed by atoms with Crippen molar-refractivity contribution in [1.82, 2.24) is 10.6 Å². The molecule has 1 aliphatic rings. The van der Waals surface area contributed by atoms with Crippen LogP contribution in [0.25, 0.3) is 11.3 Å². The van der Waals surface area contributed by atoms with Gasteiger partial charge in [-0.25, -0.2) is 9.59 Å². The molecule has 2 aromatic rings. The predicted octanol–water partition coefficient (Wildman–Crippen LogP) is 3.45. The number of aryl methyl sites for hydroxylation is 1. The monoisotopic (exact) mass is 340 g/mol. The van der Waals surface area contributed by atoms with Gasteiger partial charge < -0.3 is 19.8 Å². The van der Waals surface area contributed by atoms with Crippen molar-refractivity contribution in [1.29, 1.82) is 0 Å². The SMILES string of the molecule is CCOC(=O)C1=C(C)NC(=O)N[C@@H]1c1ccc(-c2ccc(C)cc2)o1. The molecule has 0 radical (unpaired) electrons. The van der Waals surface area contributed by atoms with Crippen molar-refractivity contribution >= 4 is 12.0 Å². The van der Waals surface area contributed by atoms with Crippen LogP contribution in [-0.2, 0) is 9.53 Å². The van der Waals surface area contributed by atoms with Crippen molar-refractivity contribution in [2.24, 2.45) is 0 Å². The van der Waals surface area contributed by atoms with Crippen molar-refractivity contribution in [3.05, 3.63) is 59.0 Å². The van der Waals surface area contributed by atoms with Gasteiger partial charge in [0.05, 0.1) is 12.2 Å². The van der Waals surface area contributed by atoms with Crippen molar-refractivity contribution in [2.45, 2.75) is 26.8 Å². The van der Waals surface area contributed by atoms with Crippen LogP contribution in [0, 0.1) is 6.92 Å². The molecule has 0 saturated heterocycles. The van der Waals surface area contributed by atoms with Gasteiger partial charge in [-0.3, -0.25) is 0 Å². The third-order valence-electron chi connectivity index (χ3n) is 4.01. The molecule has 2 amide bonds. The lowest BCUT2D eigenvalue weighted by Gasteiger charge is -2.26. The Hall–Kier alpha value is -3.02. The Kier molecular flexibility index (Phi) is 4.61. The molecule has 1 aliphatic heterocycles. The first-order chi connectivity index (χ1) is 12.0. The van der Waals surface area contributed by atoms with Gasteiger partial charge in [-0.15, -0.1) is 0 Å². The molecule has 130 valence electrons. The minimum atomic E-state index is -0.688. The molecule has 0 saturated carbocycles. The molecule has 2 N–H and O–H groups in total. The number of esters is 1. The van der Waals surface area contributed by atoms with Crippen LogP contribution in [0.5, 0.6) is 0 Å². The van der Waals surface area contributed by atoms with Crippen LogP contribution in [0.1, 0.15) is 31.2 Å². The number of urea groups is 1. The van der Waals surface area contributed by atoms with Crippen molar-refractivity contribution in [3.63, 3.8) is 0 Å². The molecule has 6 heteroatoms. The Morgan fingerprint density at radius 2 is 1.88 bits per heavy atom. The molecule has 3 rings (SSSR count). The summed E-state index contributed by atoms with van der Waals surface area (Å²) >= 11 is 0. The summed E-state index contributed by atoms with van der Waals surface area (Å²) in [6, 6.07) is 10.4. The van der Waals surface area contributed by atoms with Crippen molar-refractivity contribution in [2.75, 3.05) is 6.61 Å². The highest BCUT2D eigenvalue weighted by atomic mass is 16.5. The number of rotatable bonds is 4. The summed E-state index contributed by atoms with van der Waals surface area (Å²) in [5, 5.41) is 5.32. The highest BCUT2D eigenvalue weighted by Gasteiger charge is 2.34. The van der Waals surface area contributed by atoms with Gasteiger partial charge in [0.15, 0.2) is 0 Å². The topological polar surface area (TPSA) is 80.6 Å². The third-order valence-corrected chi connectivity index (χ3v) is 4.01. The third kappa shape index (κ3) is 3.42. The van der Waals surface area contributed by atoms with E-state index in [0.717, 1.165) is 11.1 Å². The molecule has 0 aliphatic carbocycles. The summed E-state index contributed by atoms with van der Waals surface area (Å²) in [6.07, 6.45) is 0. The first-order valence-electron chi connectivity index (χ1n) is 8.11. The zero-order valence-electron chi connectivity index (χ0n) is 14.4. The Morgan fingerprint density at radius 3 is 2.56 bits per heavy atom. The second kappa shape index (κ2) is 6.84. The second-order valence-corrected chi connectivity index (χ2v) is 5.86. The number of furan rings is 1. The van der Waals surface area contributed by atoms with Crippen molar-refractivity contribution in [3.8, 4) is 11.3 Å². The van der Waals surface area contributed by atoms with E-state index in [1.54, 1.807) is 19.9 Å². The summed E-state index contributed by atoms with van der Waals surface area (Å²) in [6.45, 7) is 5.67. The van der Waals surface area contributed by atoms with Gasteiger partial charge in [0.25, 0.3) is 0 Å². The van der Waals surface area contributed by atoms with Gasteiger partial charge in [-0.1, -0.05) is 29.8 Å². The zero-order valence-corrected chi connectivity index (χ0v) is 14.4. The number of carbonyl (C=O) groups excluding carboxylic acids is 2. The number of hydrogen-bond acceptors (Lipinski definition) is 4. The predicted molar refractivity (Wildman–Crippen MR) is 92.6 cm³/mol. The molecular weight excluding hydrogens is 320 g/mol. The van der Waals surface area contributed by atoms with Gasteiger partial charge in [-0.05, 0) is 32.9 Å². The van der Waals surface area contributed by atoms with Gasteiger partial charge in [-0.2, -0.15) is 0 Å². The number of nitrogens with one attached hydrogen (secondary N) is 2. The van der Waals surface area contributed by atoms with E-state index < -0.39 is 12.0 Å². The molecule has 1 atom stereocenters. The number of ether oxygens (including phenoxy) is 1. The van der Waals surface area contributed by atoms with E-state index in [4.69, 9.17) is 9.15 Å². The van der Waals surface area contributed by atoms with E-state index in [1.165, 1.54) is 0 Å². The molecule has 1 aromatic carbocycles. The van der Waals surface area contributed by atoms with Crippen molar-refractivity contribution < 1.29 is 18.7 Å². The van der Waals surface area contributed by atoms with E-state index in [0.29, 0.717) is 22.8 Å². The normalized spacial score (nSPS) is 17.1. The fourth-order valence-corrected chi connectivity index (χ4v) is 2.77. The lowest BCUT2D eigenvalue weighted by atomic mass is 10.0. The van der Waals surface area contributed by atoms with Crippen LogP contribution >= 0.6 is 0 Å². The summed E-state index contributed by atoms with van der Waals surface area (Å²) in [5.41, 5.74) is 2.88. The highest BCUT2D eigenvalue weighted by Crippen LogP contribution is 2.32. The van der Waals surface area contributed by atoms with Crippen LogP contribution in [0.3, 0.4) is 0 Å². The van der Waals surface area contributed by atoms with Crippen LogP contribution in [0.2, 0.25) is 0 Å². The van der Waals surface area contributed by atoms with E-state index in [-0.39, 0.29) is 12.6 Å². The standard InChI is InChI=1S/C19H20N2O4/c1-4-24-18(22)16-12(3)20-19(23)21-17(16)15-10-9-14(25-15)13-7-5-11(2)6-8-13/h5-10,17H,4H2,1-3H3,(H2,20,21,23)/t17-/m1/s1. The van der Waals surface area contributed by atoms with Gasteiger partial charge in [0.1, 0.15) is 17.6 Å². The van der Waals surface area contributed by atoms with Gasteiger partial charge in [0, 0.05) is 11.3 Å². The quantitative estimate of drug-likeness (QED) is 0.836. The molecule has 25 heavy (non-hydrogen) atoms. The molecule has 6 nitrogen and oxygen atoms in total. The maximum Gasteiger partial charge on any atom is 0.338 e. The fraction of sp³-hybridized carbons (Fsp3) is 0.263. The first-order valence-corrected chi connectivity index (χ1v) is 8.11. The zero-order chi connectivity index (χ0) is 18.0. The summed E-state index contributed by atoms with van der Waals surface area (Å²) in [5.74, 6) is 0.669. The lowest BCUT2D eigenvalue weighted by Crippen LogP contribution is -2.45. The van der Waals surface area contributed by atoms with Crippen LogP contribution in [-0.4, -0.2) is 18.6 Å². The average Bonchev–Trinajstić information content (AvgIpc) is 3.04. The molecule has 0 unspecified atom stereocenters. The van der Waals surface area contributed by atoms with Crippen LogP contribution in [0.15, 0.2) is 52.1 Å². The lowest BCUT2D eigenvalue weighted by molar-refractivity contribution is -0.139. The van der Waals surface area contributed by atoms with E-state index in [9.17, 15) is 9.59 Å². The number of amides is 2. The smallest absolute Gasteiger partial charge is 0.338 e. The summed E-state index contributed by atoms with van der Waals surface area (Å²) < 4.78 is 11.0. The minimum Gasteiger partial charge on any atom is -0.463 e. The molecule has 0 fully saturated rings. The number of allylic oxidation sites excluding steroid dienone is 1. The highest BCUT2D eigenvalue weighted by molar-refractivity contribution is 5.94. The summed E-state index contributed by atoms with van der Waals surface area (Å²) in [7, 11) is 0. The maximum absolute atomic E-state index is 12.3. The summed E-state index contributed by atoms with van der Waals surface area (Å²) in [4.78, 5) is 24.1. The number of benzene rings is 1. The van der Waals surface area contributed by atoms with E-state index in [1.807, 2.05) is 37.3 Å². The Balaban J connectivity index is 1.96. The molecule has 0 spiro atoms. The van der Waals surface area contributed by atoms with E-state index >= 15 is 0 Å². The average molecular weight is 340 g/mol. The van der Waals surface area contributed by atoms with Gasteiger partial charge >= 0.3 is 12.0 Å². The fourth-order valence-electron chi connectivity index (χ4n) is 2.77. The van der Waals surface area contributed by atoms with Gasteiger partial charge in [0.2, 0.25) is 0 Å².